The van der Waals surface area contributed by atoms with Gasteiger partial charge in [-0.25, -0.2) is 0 Å². The van der Waals surface area contributed by atoms with Crippen LogP contribution in [0.15, 0.2) is 72.8 Å². The molecule has 0 aliphatic carbocycles. The molecule has 4 nitrogen and oxygen atoms in total. The van der Waals surface area contributed by atoms with Crippen molar-refractivity contribution in [2.24, 2.45) is 0 Å². The summed E-state index contributed by atoms with van der Waals surface area (Å²) in [5.74, 6) is -0.352. The number of hydrogen-bond acceptors (Lipinski definition) is 3. The van der Waals surface area contributed by atoms with Crippen LogP contribution in [0.3, 0.4) is 0 Å². The fraction of sp³-hybridized carbons (Fsp3) is 0.0909. The molecule has 0 unspecified atom stereocenters. The number of amides is 1. The van der Waals surface area contributed by atoms with Gasteiger partial charge in [0.05, 0.1) is 12.1 Å². The zero-order chi connectivity index (χ0) is 18.5. The normalized spacial score (nSPS) is 10.3. The molecular formula is C22H20N2O2. The van der Waals surface area contributed by atoms with Gasteiger partial charge in [0.2, 0.25) is 5.91 Å². The van der Waals surface area contributed by atoms with Crippen molar-refractivity contribution in [1.82, 2.24) is 0 Å². The maximum atomic E-state index is 12.8. The fourth-order valence-electron chi connectivity index (χ4n) is 2.78. The minimum Gasteiger partial charge on any atom is -0.399 e. The minimum atomic E-state index is -0.177. The van der Waals surface area contributed by atoms with Crippen LogP contribution in [0.25, 0.3) is 0 Å². The van der Waals surface area contributed by atoms with Crippen LogP contribution >= 0.6 is 0 Å². The number of carbonyl (C=O) groups excluding carboxylic acids is 2. The molecule has 3 aromatic carbocycles. The first-order valence-electron chi connectivity index (χ1n) is 8.38. The number of ketones is 1. The Morgan fingerprint density at radius 2 is 1.62 bits per heavy atom. The highest BCUT2D eigenvalue weighted by atomic mass is 16.1. The molecule has 0 aliphatic rings. The maximum absolute atomic E-state index is 12.8. The molecule has 0 bridgehead atoms. The van der Waals surface area contributed by atoms with Gasteiger partial charge in [-0.15, -0.1) is 0 Å². The van der Waals surface area contributed by atoms with E-state index in [4.69, 9.17) is 5.73 Å². The summed E-state index contributed by atoms with van der Waals surface area (Å²) in [7, 11) is 0. The Labute approximate surface area is 152 Å². The van der Waals surface area contributed by atoms with Crippen LogP contribution in [0.2, 0.25) is 0 Å². The number of nitrogens with two attached hydrogens (primary N) is 1. The lowest BCUT2D eigenvalue weighted by Gasteiger charge is -2.12. The van der Waals surface area contributed by atoms with E-state index in [1.54, 1.807) is 42.5 Å². The molecular weight excluding hydrogens is 324 g/mol. The van der Waals surface area contributed by atoms with Crippen molar-refractivity contribution < 1.29 is 9.59 Å². The molecule has 4 heteroatoms. The van der Waals surface area contributed by atoms with Gasteiger partial charge in [-0.3, -0.25) is 9.59 Å². The first-order valence-corrected chi connectivity index (χ1v) is 8.38. The van der Waals surface area contributed by atoms with Crippen LogP contribution in [0.5, 0.6) is 0 Å². The van der Waals surface area contributed by atoms with E-state index in [0.29, 0.717) is 22.5 Å². The minimum absolute atomic E-state index is 0.175. The Kier molecular flexibility index (Phi) is 5.13. The summed E-state index contributed by atoms with van der Waals surface area (Å²) in [6.45, 7) is 1.97. The summed E-state index contributed by atoms with van der Waals surface area (Å²) in [4.78, 5) is 25.3. The molecule has 0 spiro atoms. The molecule has 0 saturated heterocycles. The van der Waals surface area contributed by atoms with Crippen LogP contribution in [-0.4, -0.2) is 11.7 Å². The maximum Gasteiger partial charge on any atom is 0.228 e. The zero-order valence-electron chi connectivity index (χ0n) is 14.5. The lowest BCUT2D eigenvalue weighted by Crippen LogP contribution is -2.17. The van der Waals surface area contributed by atoms with Crippen molar-refractivity contribution in [1.29, 1.82) is 0 Å². The monoisotopic (exact) mass is 344 g/mol. The molecule has 3 rings (SSSR count). The second kappa shape index (κ2) is 7.66. The second-order valence-corrected chi connectivity index (χ2v) is 6.15. The Morgan fingerprint density at radius 1 is 0.923 bits per heavy atom. The van der Waals surface area contributed by atoms with Crippen LogP contribution < -0.4 is 11.1 Å². The Balaban J connectivity index is 1.85. The molecule has 3 aromatic rings. The van der Waals surface area contributed by atoms with Crippen molar-refractivity contribution in [3.63, 3.8) is 0 Å². The van der Waals surface area contributed by atoms with Gasteiger partial charge in [0.15, 0.2) is 5.78 Å². The fourth-order valence-corrected chi connectivity index (χ4v) is 2.78. The van der Waals surface area contributed by atoms with Crippen LogP contribution in [0.1, 0.15) is 27.0 Å². The third-order valence-electron chi connectivity index (χ3n) is 4.21. The molecule has 0 aliphatic heterocycles. The lowest BCUT2D eigenvalue weighted by molar-refractivity contribution is -0.115. The van der Waals surface area contributed by atoms with E-state index in [1.165, 1.54) is 0 Å². The van der Waals surface area contributed by atoms with Crippen LogP contribution in [0, 0.1) is 6.92 Å². The van der Waals surface area contributed by atoms with E-state index >= 15 is 0 Å². The SMILES string of the molecule is Cc1ccccc1CC(=O)Nc1ccc(N)cc1C(=O)c1ccccc1. The number of rotatable bonds is 5. The number of hydrogen-bond donors (Lipinski definition) is 2. The van der Waals surface area contributed by atoms with E-state index in [1.807, 2.05) is 37.3 Å². The van der Waals surface area contributed by atoms with Crippen molar-refractivity contribution in [2.45, 2.75) is 13.3 Å². The van der Waals surface area contributed by atoms with Crippen LogP contribution in [-0.2, 0) is 11.2 Å². The third kappa shape index (κ3) is 3.98. The van der Waals surface area contributed by atoms with Gasteiger partial charge in [-0.1, -0.05) is 54.6 Å². The first kappa shape index (κ1) is 17.4. The molecule has 3 N–H and O–H groups in total. The molecule has 26 heavy (non-hydrogen) atoms. The highest BCUT2D eigenvalue weighted by Crippen LogP contribution is 2.23. The van der Waals surface area contributed by atoms with E-state index in [9.17, 15) is 9.59 Å². The number of carbonyl (C=O) groups is 2. The van der Waals surface area contributed by atoms with Crippen molar-refractivity contribution in [3.8, 4) is 0 Å². The molecule has 0 aromatic heterocycles. The summed E-state index contributed by atoms with van der Waals surface area (Å²) in [6, 6.07) is 21.6. The van der Waals surface area contributed by atoms with E-state index in [-0.39, 0.29) is 18.1 Å². The lowest BCUT2D eigenvalue weighted by atomic mass is 10.0. The molecule has 0 heterocycles. The van der Waals surface area contributed by atoms with E-state index in [0.717, 1.165) is 11.1 Å². The van der Waals surface area contributed by atoms with Crippen molar-refractivity contribution in [3.05, 3.63) is 95.1 Å². The topological polar surface area (TPSA) is 72.2 Å². The highest BCUT2D eigenvalue weighted by Gasteiger charge is 2.16. The third-order valence-corrected chi connectivity index (χ3v) is 4.21. The zero-order valence-corrected chi connectivity index (χ0v) is 14.5. The molecule has 0 saturated carbocycles. The summed E-state index contributed by atoms with van der Waals surface area (Å²) < 4.78 is 0. The molecule has 1 amide bonds. The second-order valence-electron chi connectivity index (χ2n) is 6.15. The Morgan fingerprint density at radius 3 is 2.35 bits per heavy atom. The Bertz CT molecular complexity index is 949. The van der Waals surface area contributed by atoms with Gasteiger partial charge in [0.25, 0.3) is 0 Å². The number of nitrogens with one attached hydrogen (secondary N) is 1. The van der Waals surface area contributed by atoms with Gasteiger partial charge < -0.3 is 11.1 Å². The summed E-state index contributed by atoms with van der Waals surface area (Å²) >= 11 is 0. The molecule has 0 radical (unpaired) electrons. The van der Waals surface area contributed by atoms with Crippen molar-refractivity contribution >= 4 is 23.1 Å². The van der Waals surface area contributed by atoms with E-state index in [2.05, 4.69) is 5.32 Å². The van der Waals surface area contributed by atoms with Gasteiger partial charge >= 0.3 is 0 Å². The average Bonchev–Trinajstić information content (AvgIpc) is 2.65. The standard InChI is InChI=1S/C22H20N2O2/c1-15-7-5-6-10-17(15)13-21(25)24-20-12-11-18(23)14-19(20)22(26)16-8-3-2-4-9-16/h2-12,14H,13,23H2,1H3,(H,24,25). The smallest absolute Gasteiger partial charge is 0.228 e. The summed E-state index contributed by atoms with van der Waals surface area (Å²) in [6.07, 6.45) is 0.246. The largest absolute Gasteiger partial charge is 0.399 e. The number of benzene rings is 3. The van der Waals surface area contributed by atoms with E-state index < -0.39 is 0 Å². The van der Waals surface area contributed by atoms with Gasteiger partial charge in [-0.05, 0) is 36.2 Å². The van der Waals surface area contributed by atoms with Gasteiger partial charge in [0, 0.05) is 16.8 Å². The summed E-state index contributed by atoms with van der Waals surface area (Å²) in [5, 5.41) is 2.85. The predicted octanol–water partition coefficient (Wildman–Crippen LogP) is 3.99. The first-order chi connectivity index (χ1) is 12.5. The average molecular weight is 344 g/mol. The number of anilines is 2. The highest BCUT2D eigenvalue weighted by molar-refractivity contribution is 6.14. The van der Waals surface area contributed by atoms with Crippen molar-refractivity contribution in [2.75, 3.05) is 11.1 Å². The molecule has 130 valence electrons. The van der Waals surface area contributed by atoms with Gasteiger partial charge in [0.1, 0.15) is 0 Å². The summed E-state index contributed by atoms with van der Waals surface area (Å²) in [5.41, 5.74) is 9.73. The number of aryl methyl sites for hydroxylation is 1. The predicted molar refractivity (Wildman–Crippen MR) is 104 cm³/mol. The van der Waals surface area contributed by atoms with Gasteiger partial charge in [-0.2, -0.15) is 0 Å². The van der Waals surface area contributed by atoms with Crippen LogP contribution in [0.4, 0.5) is 11.4 Å². The Hall–Kier alpha value is -3.40. The molecule has 0 atom stereocenters. The quantitative estimate of drug-likeness (QED) is 0.543. The number of nitrogen functional groups attached to an aromatic ring is 1. The molecule has 0 fully saturated rings.